The molecule has 0 amide bonds. The highest BCUT2D eigenvalue weighted by molar-refractivity contribution is 5.87. The summed E-state index contributed by atoms with van der Waals surface area (Å²) in [6.45, 7) is 4.46. The predicted molar refractivity (Wildman–Crippen MR) is 105 cm³/mol. The topological polar surface area (TPSA) is 12.9 Å². The van der Waals surface area contributed by atoms with Crippen molar-refractivity contribution >= 4 is 16.3 Å². The van der Waals surface area contributed by atoms with Crippen LogP contribution in [0.1, 0.15) is 45.1 Å². The van der Waals surface area contributed by atoms with Gasteiger partial charge in [0.15, 0.2) is 0 Å². The molecule has 0 saturated carbocycles. The first-order valence-electron chi connectivity index (χ1n) is 8.95. The first-order chi connectivity index (χ1) is 11.8. The summed E-state index contributed by atoms with van der Waals surface area (Å²) in [5.74, 6) is 0. The molecule has 0 unspecified atom stereocenters. The van der Waals surface area contributed by atoms with Gasteiger partial charge in [0.1, 0.15) is 0 Å². The minimum absolute atomic E-state index is 1.11. The second-order valence-electron chi connectivity index (χ2n) is 6.29. The summed E-state index contributed by atoms with van der Waals surface area (Å²) in [5, 5.41) is 2.55. The monoisotopic (exact) mass is 315 g/mol. The zero-order valence-electron chi connectivity index (χ0n) is 14.6. The summed E-state index contributed by atoms with van der Waals surface area (Å²) >= 11 is 0. The smallest absolute Gasteiger partial charge is 0.0346 e. The Kier molecular flexibility index (Phi) is 5.43. The molecule has 0 atom stereocenters. The average molecular weight is 315 g/mol. The van der Waals surface area contributed by atoms with Crippen LogP contribution in [-0.4, -0.2) is 4.98 Å². The Morgan fingerprint density at radius 3 is 2.50 bits per heavy atom. The van der Waals surface area contributed by atoms with Crippen LogP contribution in [0.4, 0.5) is 0 Å². The van der Waals surface area contributed by atoms with E-state index in [4.69, 9.17) is 0 Å². The van der Waals surface area contributed by atoms with Crippen LogP contribution in [0.15, 0.2) is 67.0 Å². The van der Waals surface area contributed by atoms with E-state index in [0.717, 1.165) is 19.3 Å². The number of rotatable bonds is 6. The van der Waals surface area contributed by atoms with Crippen molar-refractivity contribution < 1.29 is 0 Å². The normalized spacial score (nSPS) is 11.8. The lowest BCUT2D eigenvalue weighted by molar-refractivity contribution is 0.932. The van der Waals surface area contributed by atoms with E-state index in [2.05, 4.69) is 73.4 Å². The maximum Gasteiger partial charge on any atom is 0.0346 e. The molecule has 0 saturated heterocycles. The molecule has 24 heavy (non-hydrogen) atoms. The Hall–Kier alpha value is -2.41. The Labute approximate surface area is 145 Å². The first kappa shape index (κ1) is 16.4. The summed E-state index contributed by atoms with van der Waals surface area (Å²) in [6.07, 6.45) is 10.9. The zero-order chi connectivity index (χ0) is 16.8. The molecule has 3 rings (SSSR count). The van der Waals surface area contributed by atoms with Gasteiger partial charge >= 0.3 is 0 Å². The third-order valence-electron chi connectivity index (χ3n) is 4.39. The van der Waals surface area contributed by atoms with Gasteiger partial charge in [-0.2, -0.15) is 0 Å². The van der Waals surface area contributed by atoms with E-state index in [1.54, 1.807) is 0 Å². The fourth-order valence-electron chi connectivity index (χ4n) is 3.09. The number of fused-ring (bicyclic) bond motifs is 1. The van der Waals surface area contributed by atoms with Crippen molar-refractivity contribution in [3.63, 3.8) is 0 Å². The molecule has 1 heteroatoms. The van der Waals surface area contributed by atoms with Crippen molar-refractivity contribution in [1.82, 2.24) is 4.98 Å². The van der Waals surface area contributed by atoms with Crippen LogP contribution in [0.2, 0.25) is 0 Å². The average Bonchev–Trinajstić information content (AvgIpc) is 2.65. The number of benzene rings is 2. The van der Waals surface area contributed by atoms with Gasteiger partial charge in [0.05, 0.1) is 0 Å². The standard InChI is InChI=1S/C23H25N/c1-3-5-9-18(8-4-2)22-15-23(17-24-16-22)21-13-12-19-10-6-7-11-20(19)14-21/h6-7,9-17H,3-5,8H2,1-2H3/b18-9+. The molecular formula is C23H25N. The fourth-order valence-corrected chi connectivity index (χ4v) is 3.09. The van der Waals surface area contributed by atoms with Gasteiger partial charge in [0, 0.05) is 18.0 Å². The Morgan fingerprint density at radius 2 is 1.71 bits per heavy atom. The number of nitrogens with zero attached hydrogens (tertiary/aromatic N) is 1. The van der Waals surface area contributed by atoms with Gasteiger partial charge in [-0.3, -0.25) is 4.98 Å². The lowest BCUT2D eigenvalue weighted by Gasteiger charge is -2.10. The van der Waals surface area contributed by atoms with Gasteiger partial charge < -0.3 is 0 Å². The fraction of sp³-hybridized carbons (Fsp3) is 0.261. The van der Waals surface area contributed by atoms with Gasteiger partial charge in [-0.1, -0.05) is 69.2 Å². The predicted octanol–water partition coefficient (Wildman–Crippen LogP) is 6.89. The molecule has 3 aromatic rings. The number of allylic oxidation sites excluding steroid dienone is 2. The van der Waals surface area contributed by atoms with Gasteiger partial charge in [-0.25, -0.2) is 0 Å². The van der Waals surface area contributed by atoms with Crippen LogP contribution in [0.25, 0.3) is 27.5 Å². The number of unbranched alkanes of at least 4 members (excludes halogenated alkanes) is 1. The summed E-state index contributed by atoms with van der Waals surface area (Å²) in [6, 6.07) is 17.4. The zero-order valence-corrected chi connectivity index (χ0v) is 14.6. The van der Waals surface area contributed by atoms with Crippen LogP contribution in [-0.2, 0) is 0 Å². The van der Waals surface area contributed by atoms with E-state index in [9.17, 15) is 0 Å². The van der Waals surface area contributed by atoms with E-state index >= 15 is 0 Å². The lowest BCUT2D eigenvalue weighted by Crippen LogP contribution is -1.89. The first-order valence-corrected chi connectivity index (χ1v) is 8.95. The highest BCUT2D eigenvalue weighted by Gasteiger charge is 2.05. The van der Waals surface area contributed by atoms with Gasteiger partial charge in [-0.05, 0) is 52.4 Å². The quantitative estimate of drug-likeness (QED) is 0.483. The van der Waals surface area contributed by atoms with Crippen molar-refractivity contribution in [2.75, 3.05) is 0 Å². The highest BCUT2D eigenvalue weighted by Crippen LogP contribution is 2.28. The van der Waals surface area contributed by atoms with E-state index < -0.39 is 0 Å². The van der Waals surface area contributed by atoms with Gasteiger partial charge in [-0.15, -0.1) is 0 Å². The number of hydrogen-bond donors (Lipinski definition) is 0. The second-order valence-corrected chi connectivity index (χ2v) is 6.29. The van der Waals surface area contributed by atoms with Crippen molar-refractivity contribution in [3.8, 4) is 11.1 Å². The van der Waals surface area contributed by atoms with Crippen molar-refractivity contribution in [2.45, 2.75) is 39.5 Å². The molecule has 2 aromatic carbocycles. The molecule has 0 bridgehead atoms. The van der Waals surface area contributed by atoms with Crippen LogP contribution >= 0.6 is 0 Å². The molecule has 0 aliphatic rings. The molecule has 1 nitrogen and oxygen atoms in total. The molecule has 0 N–H and O–H groups in total. The van der Waals surface area contributed by atoms with Gasteiger partial charge in [0.2, 0.25) is 0 Å². The van der Waals surface area contributed by atoms with E-state index in [0.29, 0.717) is 0 Å². The maximum atomic E-state index is 4.51. The molecule has 0 aliphatic carbocycles. The van der Waals surface area contributed by atoms with Crippen LogP contribution in [0, 0.1) is 0 Å². The molecular weight excluding hydrogens is 290 g/mol. The van der Waals surface area contributed by atoms with Crippen molar-refractivity contribution in [3.05, 3.63) is 72.6 Å². The third kappa shape index (κ3) is 3.73. The Morgan fingerprint density at radius 1 is 0.875 bits per heavy atom. The van der Waals surface area contributed by atoms with Crippen LogP contribution in [0.3, 0.4) is 0 Å². The molecule has 122 valence electrons. The largest absolute Gasteiger partial charge is 0.263 e. The Balaban J connectivity index is 1.99. The van der Waals surface area contributed by atoms with Crippen molar-refractivity contribution in [1.29, 1.82) is 0 Å². The molecule has 0 fully saturated rings. The number of aromatic nitrogens is 1. The summed E-state index contributed by atoms with van der Waals surface area (Å²) in [5.41, 5.74) is 5.11. The van der Waals surface area contributed by atoms with Crippen molar-refractivity contribution in [2.24, 2.45) is 0 Å². The minimum atomic E-state index is 1.11. The summed E-state index contributed by atoms with van der Waals surface area (Å²) < 4.78 is 0. The van der Waals surface area contributed by atoms with E-state index in [-0.39, 0.29) is 0 Å². The maximum absolute atomic E-state index is 4.51. The SMILES string of the molecule is CCC/C=C(\CCC)c1cncc(-c2ccc3ccccc3c2)c1. The molecule has 0 aliphatic heterocycles. The van der Waals surface area contributed by atoms with Crippen LogP contribution in [0.5, 0.6) is 0 Å². The van der Waals surface area contributed by atoms with Crippen LogP contribution < -0.4 is 0 Å². The third-order valence-corrected chi connectivity index (χ3v) is 4.39. The molecule has 0 radical (unpaired) electrons. The minimum Gasteiger partial charge on any atom is -0.263 e. The second kappa shape index (κ2) is 7.92. The number of pyridine rings is 1. The molecule has 0 spiro atoms. The lowest BCUT2D eigenvalue weighted by atomic mass is 9.97. The van der Waals surface area contributed by atoms with E-state index in [1.165, 1.54) is 39.5 Å². The number of hydrogen-bond acceptors (Lipinski definition) is 1. The van der Waals surface area contributed by atoms with E-state index in [1.807, 2.05) is 12.4 Å². The summed E-state index contributed by atoms with van der Waals surface area (Å²) in [7, 11) is 0. The Bertz CT molecular complexity index is 845. The van der Waals surface area contributed by atoms with Gasteiger partial charge in [0.25, 0.3) is 0 Å². The summed E-state index contributed by atoms with van der Waals surface area (Å²) in [4.78, 5) is 4.51. The molecule has 1 heterocycles. The highest BCUT2D eigenvalue weighted by atomic mass is 14.6. The molecule has 1 aromatic heterocycles.